The van der Waals surface area contributed by atoms with Crippen molar-refractivity contribution in [2.24, 2.45) is 0 Å². The maximum absolute atomic E-state index is 12.3. The Kier molecular flexibility index (Phi) is 4.78. The molecule has 6 heteroatoms. The first-order valence-corrected chi connectivity index (χ1v) is 8.76. The number of thiophene rings is 1. The van der Waals surface area contributed by atoms with Gasteiger partial charge in [0.1, 0.15) is 11.1 Å². The van der Waals surface area contributed by atoms with Crippen molar-refractivity contribution >= 4 is 28.2 Å². The minimum absolute atomic E-state index is 0.151. The predicted molar refractivity (Wildman–Crippen MR) is 84.5 cm³/mol. The third-order valence-electron chi connectivity index (χ3n) is 4.02. The second-order valence-corrected chi connectivity index (χ2v) is 6.79. The van der Waals surface area contributed by atoms with Gasteiger partial charge in [0.2, 0.25) is 0 Å². The standard InChI is InChI=1S/C16H21NO4S/c1-2-8-21-16(19)13-10-5-3-7-12(10)22-15(13)17-14(18)11-6-4-9-20-11/h11H,2-9H2,1H3,(H,17,18). The van der Waals surface area contributed by atoms with E-state index in [1.165, 1.54) is 16.2 Å². The van der Waals surface area contributed by atoms with Crippen LogP contribution in [0.3, 0.4) is 0 Å². The fourth-order valence-corrected chi connectivity index (χ4v) is 4.23. The average Bonchev–Trinajstić information content (AvgIpc) is 3.20. The molecule has 0 bridgehead atoms. The summed E-state index contributed by atoms with van der Waals surface area (Å²) in [6.07, 6.45) is 4.97. The zero-order chi connectivity index (χ0) is 15.5. The largest absolute Gasteiger partial charge is 0.462 e. The number of carbonyl (C=O) groups is 2. The summed E-state index contributed by atoms with van der Waals surface area (Å²) in [7, 11) is 0. The van der Waals surface area contributed by atoms with E-state index < -0.39 is 6.10 Å². The minimum Gasteiger partial charge on any atom is -0.462 e. The molecule has 1 unspecified atom stereocenters. The molecule has 1 amide bonds. The number of fused-ring (bicyclic) bond motifs is 1. The molecule has 1 aromatic rings. The van der Waals surface area contributed by atoms with Crippen LogP contribution in [0.2, 0.25) is 0 Å². The molecule has 0 aromatic carbocycles. The highest BCUT2D eigenvalue weighted by Crippen LogP contribution is 2.39. The third-order valence-corrected chi connectivity index (χ3v) is 5.23. The Bertz CT molecular complexity index is 575. The van der Waals surface area contributed by atoms with E-state index in [0.717, 1.165) is 44.1 Å². The number of carbonyl (C=O) groups excluding carboxylic acids is 2. The fraction of sp³-hybridized carbons (Fsp3) is 0.625. The van der Waals surface area contributed by atoms with Gasteiger partial charge in [0.15, 0.2) is 0 Å². The number of aryl methyl sites for hydroxylation is 1. The van der Waals surface area contributed by atoms with Gasteiger partial charge in [0.05, 0.1) is 12.2 Å². The molecule has 2 heterocycles. The van der Waals surface area contributed by atoms with E-state index in [4.69, 9.17) is 9.47 Å². The molecule has 1 N–H and O–H groups in total. The Hall–Kier alpha value is -1.40. The van der Waals surface area contributed by atoms with Gasteiger partial charge in [-0.2, -0.15) is 0 Å². The maximum atomic E-state index is 12.3. The summed E-state index contributed by atoms with van der Waals surface area (Å²) in [5.41, 5.74) is 1.63. The zero-order valence-electron chi connectivity index (χ0n) is 12.8. The molecular weight excluding hydrogens is 302 g/mol. The van der Waals surface area contributed by atoms with Gasteiger partial charge in [-0.15, -0.1) is 11.3 Å². The SMILES string of the molecule is CCCOC(=O)c1c(NC(=O)C2CCCO2)sc2c1CCC2. The van der Waals surface area contributed by atoms with Crippen LogP contribution in [0.4, 0.5) is 5.00 Å². The third kappa shape index (κ3) is 3.03. The number of hydrogen-bond acceptors (Lipinski definition) is 5. The summed E-state index contributed by atoms with van der Waals surface area (Å²) in [6.45, 7) is 3.00. The molecule has 1 aliphatic heterocycles. The zero-order valence-corrected chi connectivity index (χ0v) is 13.6. The molecule has 1 aromatic heterocycles. The van der Waals surface area contributed by atoms with Crippen LogP contribution in [0.1, 0.15) is 53.4 Å². The minimum atomic E-state index is -0.392. The predicted octanol–water partition coefficient (Wildman–Crippen LogP) is 2.92. The van der Waals surface area contributed by atoms with Gasteiger partial charge in [-0.3, -0.25) is 4.79 Å². The molecule has 1 aliphatic carbocycles. The summed E-state index contributed by atoms with van der Waals surface area (Å²) >= 11 is 1.51. The molecule has 3 rings (SSSR count). The van der Waals surface area contributed by atoms with Crippen molar-refractivity contribution in [3.05, 3.63) is 16.0 Å². The molecule has 1 atom stereocenters. The van der Waals surface area contributed by atoms with Crippen LogP contribution in [-0.2, 0) is 27.1 Å². The van der Waals surface area contributed by atoms with E-state index >= 15 is 0 Å². The molecule has 0 saturated carbocycles. The van der Waals surface area contributed by atoms with E-state index in [-0.39, 0.29) is 11.9 Å². The van der Waals surface area contributed by atoms with Crippen molar-refractivity contribution in [2.45, 2.75) is 51.6 Å². The lowest BCUT2D eigenvalue weighted by molar-refractivity contribution is -0.124. The van der Waals surface area contributed by atoms with E-state index in [1.807, 2.05) is 6.92 Å². The van der Waals surface area contributed by atoms with E-state index in [0.29, 0.717) is 23.8 Å². The lowest BCUT2D eigenvalue weighted by Crippen LogP contribution is -2.27. The number of rotatable bonds is 5. The molecule has 0 radical (unpaired) electrons. The fourth-order valence-electron chi connectivity index (χ4n) is 2.95. The highest BCUT2D eigenvalue weighted by Gasteiger charge is 2.30. The van der Waals surface area contributed by atoms with Crippen LogP contribution in [0.15, 0.2) is 0 Å². The number of nitrogens with one attached hydrogen (secondary N) is 1. The molecule has 120 valence electrons. The van der Waals surface area contributed by atoms with Gasteiger partial charge in [0.25, 0.3) is 5.91 Å². The highest BCUT2D eigenvalue weighted by molar-refractivity contribution is 7.17. The molecule has 5 nitrogen and oxygen atoms in total. The lowest BCUT2D eigenvalue weighted by Gasteiger charge is -2.11. The van der Waals surface area contributed by atoms with Crippen LogP contribution in [0.5, 0.6) is 0 Å². The Morgan fingerprint density at radius 2 is 2.23 bits per heavy atom. The van der Waals surface area contributed by atoms with Gasteiger partial charge >= 0.3 is 5.97 Å². The van der Waals surface area contributed by atoms with Crippen molar-refractivity contribution in [3.8, 4) is 0 Å². The Labute approximate surface area is 134 Å². The summed E-state index contributed by atoms with van der Waals surface area (Å²) in [5, 5.41) is 3.52. The van der Waals surface area contributed by atoms with Crippen LogP contribution in [-0.4, -0.2) is 31.2 Å². The van der Waals surface area contributed by atoms with Gasteiger partial charge < -0.3 is 14.8 Å². The number of hydrogen-bond donors (Lipinski definition) is 1. The highest BCUT2D eigenvalue weighted by atomic mass is 32.1. The van der Waals surface area contributed by atoms with E-state index in [2.05, 4.69) is 5.32 Å². The first kappa shape index (κ1) is 15.5. The molecule has 1 saturated heterocycles. The smallest absolute Gasteiger partial charge is 0.341 e. The topological polar surface area (TPSA) is 64.6 Å². The van der Waals surface area contributed by atoms with Crippen molar-refractivity contribution in [1.29, 1.82) is 0 Å². The van der Waals surface area contributed by atoms with E-state index in [9.17, 15) is 9.59 Å². The monoisotopic (exact) mass is 323 g/mol. The second-order valence-electron chi connectivity index (χ2n) is 5.69. The number of anilines is 1. The van der Waals surface area contributed by atoms with Crippen LogP contribution >= 0.6 is 11.3 Å². The van der Waals surface area contributed by atoms with Crippen LogP contribution in [0.25, 0.3) is 0 Å². The summed E-state index contributed by atoms with van der Waals surface area (Å²) in [6, 6.07) is 0. The van der Waals surface area contributed by atoms with E-state index in [1.54, 1.807) is 0 Å². The van der Waals surface area contributed by atoms with Crippen LogP contribution < -0.4 is 5.32 Å². The first-order chi connectivity index (χ1) is 10.7. The Morgan fingerprint density at radius 1 is 1.36 bits per heavy atom. The van der Waals surface area contributed by atoms with Crippen molar-refractivity contribution < 1.29 is 19.1 Å². The molecule has 1 fully saturated rings. The summed E-state index contributed by atoms with van der Waals surface area (Å²) in [4.78, 5) is 25.8. The lowest BCUT2D eigenvalue weighted by atomic mass is 10.1. The second kappa shape index (κ2) is 6.79. The normalized spacial score (nSPS) is 20.0. The molecular formula is C16H21NO4S. The van der Waals surface area contributed by atoms with Gasteiger partial charge in [-0.05, 0) is 44.1 Å². The quantitative estimate of drug-likeness (QED) is 0.846. The average molecular weight is 323 g/mol. The Balaban J connectivity index is 1.80. The van der Waals surface area contributed by atoms with Crippen molar-refractivity contribution in [3.63, 3.8) is 0 Å². The van der Waals surface area contributed by atoms with Crippen molar-refractivity contribution in [2.75, 3.05) is 18.5 Å². The molecule has 0 spiro atoms. The first-order valence-electron chi connectivity index (χ1n) is 7.94. The molecule has 22 heavy (non-hydrogen) atoms. The van der Waals surface area contributed by atoms with Gasteiger partial charge in [-0.1, -0.05) is 6.92 Å². The molecule has 2 aliphatic rings. The van der Waals surface area contributed by atoms with Gasteiger partial charge in [-0.25, -0.2) is 4.79 Å². The van der Waals surface area contributed by atoms with Crippen LogP contribution in [0, 0.1) is 0 Å². The number of esters is 1. The maximum Gasteiger partial charge on any atom is 0.341 e. The number of ether oxygens (including phenoxy) is 2. The summed E-state index contributed by atoms with van der Waals surface area (Å²) < 4.78 is 10.7. The summed E-state index contributed by atoms with van der Waals surface area (Å²) in [5.74, 6) is -0.467. The van der Waals surface area contributed by atoms with Gasteiger partial charge in [0, 0.05) is 11.5 Å². The number of amides is 1. The Morgan fingerprint density at radius 3 is 2.95 bits per heavy atom. The van der Waals surface area contributed by atoms with Crippen molar-refractivity contribution in [1.82, 2.24) is 0 Å².